The molecule has 0 bridgehead atoms. The molecule has 0 aliphatic carbocycles. The molecule has 0 N–H and O–H groups in total. The standard InChI is InChI=1S/C43H30N4/c1-46-40-20-8-6-18-38(40)45-43(46)33-27-36(31-23-21-30(22-24-31)29-12-3-2-4-13-29)42-35-16-5-7-19-39(35)47(41(42)28-33)34-15-11-14-32(26-34)37-17-9-10-25-44-37/h2-28H,1H3. The Bertz CT molecular complexity index is 2560. The maximum absolute atomic E-state index is 5.13. The van der Waals surface area contributed by atoms with Gasteiger partial charge in [0.1, 0.15) is 5.82 Å². The molecule has 0 fully saturated rings. The molecule has 0 spiro atoms. The number of aromatic nitrogens is 4. The number of pyridine rings is 1. The molecular formula is C43H30N4. The van der Waals surface area contributed by atoms with E-state index in [0.29, 0.717) is 0 Å². The van der Waals surface area contributed by atoms with Gasteiger partial charge in [-0.25, -0.2) is 4.98 Å². The fraction of sp³-hybridized carbons (Fsp3) is 0.0233. The fourth-order valence-electron chi connectivity index (χ4n) is 6.95. The third-order valence-electron chi connectivity index (χ3n) is 9.19. The summed E-state index contributed by atoms with van der Waals surface area (Å²) in [5.41, 5.74) is 13.3. The van der Waals surface area contributed by atoms with Gasteiger partial charge in [0.2, 0.25) is 0 Å². The van der Waals surface area contributed by atoms with Crippen molar-refractivity contribution in [3.8, 4) is 50.6 Å². The predicted octanol–water partition coefficient (Wildman–Crippen LogP) is 10.7. The van der Waals surface area contributed by atoms with Gasteiger partial charge < -0.3 is 9.13 Å². The van der Waals surface area contributed by atoms with Crippen LogP contribution in [0.1, 0.15) is 0 Å². The first-order chi connectivity index (χ1) is 23.2. The second-order valence-electron chi connectivity index (χ2n) is 12.0. The minimum Gasteiger partial charge on any atom is -0.327 e. The smallest absolute Gasteiger partial charge is 0.140 e. The Labute approximate surface area is 272 Å². The summed E-state index contributed by atoms with van der Waals surface area (Å²) in [6, 6.07) is 56.0. The molecule has 0 aliphatic rings. The highest BCUT2D eigenvalue weighted by Crippen LogP contribution is 2.42. The van der Waals surface area contributed by atoms with Crippen molar-refractivity contribution in [2.24, 2.45) is 7.05 Å². The summed E-state index contributed by atoms with van der Waals surface area (Å²) in [5, 5.41) is 2.43. The molecule has 4 nitrogen and oxygen atoms in total. The molecule has 6 aromatic carbocycles. The van der Waals surface area contributed by atoms with Gasteiger partial charge >= 0.3 is 0 Å². The SMILES string of the molecule is Cn1c(-c2cc(-c3ccc(-c4ccccc4)cc3)c3c4ccccc4n(-c4cccc(-c5ccccn5)c4)c3c2)nc2ccccc21. The third-order valence-corrected chi connectivity index (χ3v) is 9.19. The van der Waals surface area contributed by atoms with Crippen LogP contribution in [0.15, 0.2) is 164 Å². The highest BCUT2D eigenvalue weighted by molar-refractivity contribution is 6.17. The number of fused-ring (bicyclic) bond motifs is 4. The molecule has 3 aromatic heterocycles. The molecule has 0 aliphatic heterocycles. The van der Waals surface area contributed by atoms with Crippen LogP contribution in [-0.2, 0) is 7.05 Å². The van der Waals surface area contributed by atoms with Crippen molar-refractivity contribution < 1.29 is 0 Å². The van der Waals surface area contributed by atoms with Gasteiger partial charge in [0, 0.05) is 40.8 Å². The summed E-state index contributed by atoms with van der Waals surface area (Å²) in [6.45, 7) is 0. The topological polar surface area (TPSA) is 35.6 Å². The van der Waals surface area contributed by atoms with Crippen molar-refractivity contribution in [3.63, 3.8) is 0 Å². The zero-order chi connectivity index (χ0) is 31.3. The Morgan fingerprint density at radius 2 is 1.19 bits per heavy atom. The number of rotatable bonds is 5. The van der Waals surface area contributed by atoms with Crippen LogP contribution in [0.25, 0.3) is 83.4 Å². The Morgan fingerprint density at radius 1 is 0.489 bits per heavy atom. The quantitative estimate of drug-likeness (QED) is 0.196. The summed E-state index contributed by atoms with van der Waals surface area (Å²) in [7, 11) is 2.11. The highest BCUT2D eigenvalue weighted by Gasteiger charge is 2.20. The molecule has 222 valence electrons. The fourth-order valence-corrected chi connectivity index (χ4v) is 6.95. The number of para-hydroxylation sites is 3. The lowest BCUT2D eigenvalue weighted by molar-refractivity contribution is 0.959. The molecule has 3 heterocycles. The number of aryl methyl sites for hydroxylation is 1. The number of nitrogens with zero attached hydrogens (tertiary/aromatic N) is 4. The lowest BCUT2D eigenvalue weighted by Crippen LogP contribution is -1.97. The van der Waals surface area contributed by atoms with Crippen LogP contribution in [0.3, 0.4) is 0 Å². The maximum atomic E-state index is 5.13. The summed E-state index contributed by atoms with van der Waals surface area (Å²) >= 11 is 0. The van der Waals surface area contributed by atoms with Crippen LogP contribution >= 0.6 is 0 Å². The normalized spacial score (nSPS) is 11.5. The third kappa shape index (κ3) is 4.53. The van der Waals surface area contributed by atoms with E-state index in [9.17, 15) is 0 Å². The lowest BCUT2D eigenvalue weighted by Gasteiger charge is -2.13. The molecule has 0 radical (unpaired) electrons. The largest absolute Gasteiger partial charge is 0.327 e. The van der Waals surface area contributed by atoms with Gasteiger partial charge in [0.25, 0.3) is 0 Å². The molecule has 0 saturated heterocycles. The summed E-state index contributed by atoms with van der Waals surface area (Å²) in [4.78, 5) is 9.78. The second kappa shape index (κ2) is 11.0. The maximum Gasteiger partial charge on any atom is 0.140 e. The van der Waals surface area contributed by atoms with E-state index in [4.69, 9.17) is 4.98 Å². The molecule has 0 amide bonds. The van der Waals surface area contributed by atoms with E-state index in [-0.39, 0.29) is 0 Å². The van der Waals surface area contributed by atoms with Gasteiger partial charge in [0.05, 0.1) is 27.8 Å². The van der Waals surface area contributed by atoms with Crippen LogP contribution in [0.4, 0.5) is 0 Å². The summed E-state index contributed by atoms with van der Waals surface area (Å²) in [5.74, 6) is 0.939. The van der Waals surface area contributed by atoms with Gasteiger partial charge in [-0.05, 0) is 76.9 Å². The summed E-state index contributed by atoms with van der Waals surface area (Å²) in [6.07, 6.45) is 1.85. The molecule has 0 saturated carbocycles. The van der Waals surface area contributed by atoms with Crippen LogP contribution in [0.5, 0.6) is 0 Å². The number of benzene rings is 6. The Balaban J connectivity index is 1.34. The monoisotopic (exact) mass is 602 g/mol. The second-order valence-corrected chi connectivity index (χ2v) is 12.0. The van der Waals surface area contributed by atoms with Crippen molar-refractivity contribution in [1.29, 1.82) is 0 Å². The molecule has 0 unspecified atom stereocenters. The van der Waals surface area contributed by atoms with Crippen molar-refractivity contribution in [3.05, 3.63) is 164 Å². The first-order valence-corrected chi connectivity index (χ1v) is 15.9. The minimum atomic E-state index is 0.939. The van der Waals surface area contributed by atoms with Crippen LogP contribution in [-0.4, -0.2) is 19.1 Å². The van der Waals surface area contributed by atoms with Crippen molar-refractivity contribution in [2.75, 3.05) is 0 Å². The Kier molecular flexibility index (Phi) is 6.32. The van der Waals surface area contributed by atoms with Gasteiger partial charge in [-0.2, -0.15) is 0 Å². The molecule has 0 atom stereocenters. The zero-order valence-corrected chi connectivity index (χ0v) is 25.9. The number of imidazole rings is 1. The average molecular weight is 603 g/mol. The first-order valence-electron chi connectivity index (χ1n) is 15.9. The van der Waals surface area contributed by atoms with Crippen LogP contribution < -0.4 is 0 Å². The molecule has 9 aromatic rings. The van der Waals surface area contributed by atoms with Gasteiger partial charge in [-0.15, -0.1) is 0 Å². The number of hydrogen-bond donors (Lipinski definition) is 0. The van der Waals surface area contributed by atoms with Crippen molar-refractivity contribution >= 4 is 32.8 Å². The van der Waals surface area contributed by atoms with Crippen molar-refractivity contribution in [2.45, 2.75) is 0 Å². The van der Waals surface area contributed by atoms with E-state index in [1.807, 2.05) is 18.3 Å². The first kappa shape index (κ1) is 27.1. The van der Waals surface area contributed by atoms with E-state index >= 15 is 0 Å². The molecular weight excluding hydrogens is 573 g/mol. The van der Waals surface area contributed by atoms with Crippen LogP contribution in [0, 0.1) is 0 Å². The predicted molar refractivity (Wildman–Crippen MR) is 195 cm³/mol. The van der Waals surface area contributed by atoms with Gasteiger partial charge in [-0.3, -0.25) is 4.98 Å². The van der Waals surface area contributed by atoms with Gasteiger partial charge in [-0.1, -0.05) is 103 Å². The van der Waals surface area contributed by atoms with Crippen LogP contribution in [0.2, 0.25) is 0 Å². The minimum absolute atomic E-state index is 0.939. The highest BCUT2D eigenvalue weighted by atomic mass is 15.1. The van der Waals surface area contributed by atoms with Gasteiger partial charge in [0.15, 0.2) is 0 Å². The number of hydrogen-bond acceptors (Lipinski definition) is 2. The van der Waals surface area contributed by atoms with Crippen molar-refractivity contribution in [1.82, 2.24) is 19.1 Å². The molecule has 9 rings (SSSR count). The molecule has 4 heteroatoms. The summed E-state index contributed by atoms with van der Waals surface area (Å²) < 4.78 is 4.60. The van der Waals surface area contributed by atoms with E-state index in [2.05, 4.69) is 167 Å². The van der Waals surface area contributed by atoms with E-state index in [1.54, 1.807) is 0 Å². The lowest BCUT2D eigenvalue weighted by atomic mass is 9.95. The Hall–Kier alpha value is -6.26. The van der Waals surface area contributed by atoms with E-state index in [0.717, 1.165) is 50.4 Å². The molecule has 47 heavy (non-hydrogen) atoms. The van der Waals surface area contributed by atoms with E-state index < -0.39 is 0 Å². The van der Waals surface area contributed by atoms with E-state index in [1.165, 1.54) is 33.0 Å². The zero-order valence-electron chi connectivity index (χ0n) is 25.9. The Morgan fingerprint density at radius 3 is 2.00 bits per heavy atom. The average Bonchev–Trinajstić information content (AvgIpc) is 3.67.